The molecule has 1 saturated carbocycles. The number of carbonyl (C=O) groups excluding carboxylic acids is 1. The fourth-order valence-corrected chi connectivity index (χ4v) is 2.22. The standard InChI is InChI=1S/C12H22N2O4/c1-18-6-5-14(8-11(16)17)10(15)7-12(9-13)3-2-4-12/h2-9,13H2,1H3,(H,16,17). The summed E-state index contributed by atoms with van der Waals surface area (Å²) in [6, 6.07) is 0. The van der Waals surface area contributed by atoms with Crippen LogP contribution in [0.4, 0.5) is 0 Å². The van der Waals surface area contributed by atoms with Crippen molar-refractivity contribution in [2.24, 2.45) is 11.1 Å². The van der Waals surface area contributed by atoms with E-state index in [2.05, 4.69) is 0 Å². The van der Waals surface area contributed by atoms with Crippen molar-refractivity contribution in [3.8, 4) is 0 Å². The molecule has 104 valence electrons. The lowest BCUT2D eigenvalue weighted by Gasteiger charge is -2.41. The molecule has 0 aliphatic heterocycles. The number of nitrogens with zero attached hydrogens (tertiary/aromatic N) is 1. The third-order valence-electron chi connectivity index (χ3n) is 3.62. The van der Waals surface area contributed by atoms with E-state index in [0.717, 1.165) is 19.3 Å². The highest BCUT2D eigenvalue weighted by Crippen LogP contribution is 2.43. The summed E-state index contributed by atoms with van der Waals surface area (Å²) in [5, 5.41) is 8.80. The first-order chi connectivity index (χ1) is 8.53. The zero-order valence-electron chi connectivity index (χ0n) is 10.9. The largest absolute Gasteiger partial charge is 0.480 e. The molecule has 1 fully saturated rings. The molecule has 0 atom stereocenters. The Morgan fingerprint density at radius 2 is 2.11 bits per heavy atom. The van der Waals surface area contributed by atoms with Crippen molar-refractivity contribution in [1.82, 2.24) is 4.90 Å². The fraction of sp³-hybridized carbons (Fsp3) is 0.833. The van der Waals surface area contributed by atoms with Crippen molar-refractivity contribution in [2.45, 2.75) is 25.7 Å². The SMILES string of the molecule is COCCN(CC(=O)O)C(=O)CC1(CN)CCC1. The van der Waals surface area contributed by atoms with Gasteiger partial charge in [0, 0.05) is 20.1 Å². The van der Waals surface area contributed by atoms with Gasteiger partial charge in [-0.25, -0.2) is 0 Å². The number of carbonyl (C=O) groups is 2. The van der Waals surface area contributed by atoms with E-state index in [-0.39, 0.29) is 17.9 Å². The first kappa shape index (κ1) is 14.9. The Bertz CT molecular complexity index is 297. The number of nitrogens with two attached hydrogens (primary N) is 1. The lowest BCUT2D eigenvalue weighted by atomic mass is 9.66. The minimum atomic E-state index is -1.00. The van der Waals surface area contributed by atoms with E-state index in [1.54, 1.807) is 0 Å². The number of rotatable bonds is 8. The van der Waals surface area contributed by atoms with Crippen LogP contribution in [0.5, 0.6) is 0 Å². The van der Waals surface area contributed by atoms with Crippen LogP contribution in [0.15, 0.2) is 0 Å². The lowest BCUT2D eigenvalue weighted by Crippen LogP contribution is -2.45. The molecular formula is C12H22N2O4. The molecule has 0 saturated heterocycles. The number of methoxy groups -OCH3 is 1. The topological polar surface area (TPSA) is 92.9 Å². The van der Waals surface area contributed by atoms with Crippen LogP contribution in [0.25, 0.3) is 0 Å². The molecular weight excluding hydrogens is 236 g/mol. The molecule has 0 aromatic heterocycles. The van der Waals surface area contributed by atoms with Crippen LogP contribution in [-0.2, 0) is 14.3 Å². The number of amides is 1. The van der Waals surface area contributed by atoms with E-state index >= 15 is 0 Å². The molecule has 0 aromatic carbocycles. The summed E-state index contributed by atoms with van der Waals surface area (Å²) >= 11 is 0. The average molecular weight is 258 g/mol. The second-order valence-electron chi connectivity index (χ2n) is 4.94. The van der Waals surface area contributed by atoms with Crippen molar-refractivity contribution >= 4 is 11.9 Å². The molecule has 1 amide bonds. The highest BCUT2D eigenvalue weighted by Gasteiger charge is 2.38. The van der Waals surface area contributed by atoms with Crippen molar-refractivity contribution < 1.29 is 19.4 Å². The van der Waals surface area contributed by atoms with Gasteiger partial charge in [0.2, 0.25) is 5.91 Å². The first-order valence-corrected chi connectivity index (χ1v) is 6.21. The monoisotopic (exact) mass is 258 g/mol. The van der Waals surface area contributed by atoms with E-state index in [1.807, 2.05) is 0 Å². The van der Waals surface area contributed by atoms with Gasteiger partial charge in [-0.2, -0.15) is 0 Å². The molecule has 1 aliphatic rings. The van der Waals surface area contributed by atoms with Crippen LogP contribution in [0, 0.1) is 5.41 Å². The van der Waals surface area contributed by atoms with Gasteiger partial charge in [-0.3, -0.25) is 9.59 Å². The van der Waals surface area contributed by atoms with Crippen LogP contribution >= 0.6 is 0 Å². The predicted octanol–water partition coefficient (Wildman–Crippen LogP) is 0.0651. The number of aliphatic carboxylic acids is 1. The molecule has 0 radical (unpaired) electrons. The molecule has 0 spiro atoms. The van der Waals surface area contributed by atoms with Gasteiger partial charge in [0.25, 0.3) is 0 Å². The van der Waals surface area contributed by atoms with E-state index in [4.69, 9.17) is 15.6 Å². The highest BCUT2D eigenvalue weighted by atomic mass is 16.5. The average Bonchev–Trinajstić information content (AvgIpc) is 2.28. The van der Waals surface area contributed by atoms with Gasteiger partial charge in [0.15, 0.2) is 0 Å². The van der Waals surface area contributed by atoms with Crippen molar-refractivity contribution in [3.05, 3.63) is 0 Å². The molecule has 0 heterocycles. The fourth-order valence-electron chi connectivity index (χ4n) is 2.22. The molecule has 3 N–H and O–H groups in total. The Morgan fingerprint density at radius 3 is 2.50 bits per heavy atom. The van der Waals surface area contributed by atoms with Crippen LogP contribution in [-0.4, -0.2) is 55.2 Å². The third kappa shape index (κ3) is 3.96. The van der Waals surface area contributed by atoms with Crippen LogP contribution in [0.2, 0.25) is 0 Å². The maximum Gasteiger partial charge on any atom is 0.323 e. The molecule has 6 nitrogen and oxygen atoms in total. The summed E-state index contributed by atoms with van der Waals surface area (Å²) in [7, 11) is 1.52. The van der Waals surface area contributed by atoms with E-state index in [0.29, 0.717) is 26.1 Å². The number of carboxylic acid groups (broad SMARTS) is 1. The Kier molecular flexibility index (Phi) is 5.55. The van der Waals surface area contributed by atoms with Crippen molar-refractivity contribution in [3.63, 3.8) is 0 Å². The van der Waals surface area contributed by atoms with Gasteiger partial charge in [-0.15, -0.1) is 0 Å². The van der Waals surface area contributed by atoms with E-state index in [9.17, 15) is 9.59 Å². The molecule has 0 aromatic rings. The summed E-state index contributed by atoms with van der Waals surface area (Å²) in [6.07, 6.45) is 3.36. The summed E-state index contributed by atoms with van der Waals surface area (Å²) in [4.78, 5) is 24.2. The Morgan fingerprint density at radius 1 is 1.44 bits per heavy atom. The second-order valence-corrected chi connectivity index (χ2v) is 4.94. The maximum atomic E-state index is 12.1. The van der Waals surface area contributed by atoms with Gasteiger partial charge in [-0.05, 0) is 24.8 Å². The summed E-state index contributed by atoms with van der Waals surface area (Å²) in [5.41, 5.74) is 5.61. The number of ether oxygens (including phenoxy) is 1. The van der Waals surface area contributed by atoms with Crippen LogP contribution in [0.3, 0.4) is 0 Å². The van der Waals surface area contributed by atoms with E-state index < -0.39 is 5.97 Å². The quantitative estimate of drug-likeness (QED) is 0.642. The van der Waals surface area contributed by atoms with Gasteiger partial charge in [-0.1, -0.05) is 6.42 Å². The molecule has 0 bridgehead atoms. The molecule has 1 aliphatic carbocycles. The molecule has 18 heavy (non-hydrogen) atoms. The van der Waals surface area contributed by atoms with Gasteiger partial charge in [0.1, 0.15) is 6.54 Å². The summed E-state index contributed by atoms with van der Waals surface area (Å²) < 4.78 is 4.89. The zero-order valence-corrected chi connectivity index (χ0v) is 10.9. The normalized spacial score (nSPS) is 17.0. The highest BCUT2D eigenvalue weighted by molar-refractivity contribution is 5.81. The third-order valence-corrected chi connectivity index (χ3v) is 3.62. The van der Waals surface area contributed by atoms with Gasteiger partial charge >= 0.3 is 5.97 Å². The molecule has 6 heteroatoms. The van der Waals surface area contributed by atoms with Crippen molar-refractivity contribution in [2.75, 3.05) is 33.4 Å². The second kappa shape index (κ2) is 6.70. The lowest BCUT2D eigenvalue weighted by molar-refractivity contribution is -0.146. The van der Waals surface area contributed by atoms with Gasteiger partial charge in [0.05, 0.1) is 6.61 Å². The van der Waals surface area contributed by atoms with Crippen molar-refractivity contribution in [1.29, 1.82) is 0 Å². The Hall–Kier alpha value is -1.14. The number of carboxylic acids is 1. The minimum absolute atomic E-state index is 0.0963. The first-order valence-electron chi connectivity index (χ1n) is 6.21. The summed E-state index contributed by atoms with van der Waals surface area (Å²) in [5.74, 6) is -1.14. The summed E-state index contributed by atoms with van der Waals surface area (Å²) in [6.45, 7) is 0.865. The number of hydrogen-bond donors (Lipinski definition) is 2. The Balaban J connectivity index is 2.54. The van der Waals surface area contributed by atoms with Gasteiger partial charge < -0.3 is 20.5 Å². The van der Waals surface area contributed by atoms with Crippen LogP contribution in [0.1, 0.15) is 25.7 Å². The Labute approximate surface area is 107 Å². The minimum Gasteiger partial charge on any atom is -0.480 e. The predicted molar refractivity (Wildman–Crippen MR) is 66.0 cm³/mol. The van der Waals surface area contributed by atoms with Crippen LogP contribution < -0.4 is 5.73 Å². The van der Waals surface area contributed by atoms with E-state index in [1.165, 1.54) is 12.0 Å². The smallest absolute Gasteiger partial charge is 0.323 e. The molecule has 1 rings (SSSR count). The zero-order chi connectivity index (χ0) is 13.6. The molecule has 0 unspecified atom stereocenters. The number of hydrogen-bond acceptors (Lipinski definition) is 4. The maximum absolute atomic E-state index is 12.1.